The normalized spacial score (nSPS) is 20.3. The van der Waals surface area contributed by atoms with Crippen molar-refractivity contribution in [3.63, 3.8) is 0 Å². The van der Waals surface area contributed by atoms with Crippen molar-refractivity contribution in [3.8, 4) is 0 Å². The molecular formula is C11H22N2O2. The van der Waals surface area contributed by atoms with Crippen molar-refractivity contribution in [1.29, 1.82) is 0 Å². The smallest absolute Gasteiger partial charge is 0.324 e. The Balaban J connectivity index is 2.62. The van der Waals surface area contributed by atoms with Crippen LogP contribution in [0.4, 0.5) is 0 Å². The Morgan fingerprint density at radius 1 is 1.47 bits per heavy atom. The van der Waals surface area contributed by atoms with E-state index in [0.717, 1.165) is 13.1 Å². The molecule has 0 bridgehead atoms. The van der Waals surface area contributed by atoms with Gasteiger partial charge in [-0.25, -0.2) is 0 Å². The van der Waals surface area contributed by atoms with E-state index in [1.807, 2.05) is 13.8 Å². The van der Waals surface area contributed by atoms with E-state index in [1.165, 1.54) is 12.8 Å². The van der Waals surface area contributed by atoms with Crippen LogP contribution in [-0.2, 0) is 9.53 Å². The molecule has 0 radical (unpaired) electrons. The van der Waals surface area contributed by atoms with Gasteiger partial charge in [-0.15, -0.1) is 0 Å². The van der Waals surface area contributed by atoms with Gasteiger partial charge >= 0.3 is 5.97 Å². The molecule has 0 spiro atoms. The molecule has 1 atom stereocenters. The predicted octanol–water partition coefficient (Wildman–Crippen LogP) is 0.751. The summed E-state index contributed by atoms with van der Waals surface area (Å²) in [5.74, 6) is -0.297. The van der Waals surface area contributed by atoms with E-state index in [1.54, 1.807) is 6.92 Å². The minimum Gasteiger partial charge on any atom is -0.465 e. The Labute approximate surface area is 91.8 Å². The molecule has 0 aromatic rings. The Morgan fingerprint density at radius 3 is 2.47 bits per heavy atom. The summed E-state index contributed by atoms with van der Waals surface area (Å²) < 4.78 is 4.96. The van der Waals surface area contributed by atoms with Crippen LogP contribution in [0.2, 0.25) is 0 Å². The molecule has 0 aliphatic carbocycles. The molecule has 1 fully saturated rings. The first-order valence-corrected chi connectivity index (χ1v) is 5.67. The molecule has 0 amide bonds. The van der Waals surface area contributed by atoms with E-state index < -0.39 is 6.04 Å². The number of esters is 1. The van der Waals surface area contributed by atoms with Crippen molar-refractivity contribution in [2.75, 3.05) is 19.7 Å². The van der Waals surface area contributed by atoms with Gasteiger partial charge in [-0.3, -0.25) is 9.69 Å². The molecule has 0 aromatic heterocycles. The predicted molar refractivity (Wildman–Crippen MR) is 59.5 cm³/mol. The lowest BCUT2D eigenvalue weighted by molar-refractivity contribution is -0.148. The molecule has 1 aliphatic rings. The highest BCUT2D eigenvalue weighted by molar-refractivity contribution is 5.77. The molecular weight excluding hydrogens is 192 g/mol. The highest BCUT2D eigenvalue weighted by Crippen LogP contribution is 2.23. The molecule has 1 aliphatic heterocycles. The Morgan fingerprint density at radius 2 is 2.00 bits per heavy atom. The summed E-state index contributed by atoms with van der Waals surface area (Å²) in [5, 5.41) is 0. The maximum atomic E-state index is 11.6. The first-order chi connectivity index (χ1) is 7.00. The van der Waals surface area contributed by atoms with Crippen molar-refractivity contribution in [1.82, 2.24) is 4.90 Å². The minimum atomic E-state index is -0.560. The number of ether oxygens (including phenoxy) is 1. The van der Waals surface area contributed by atoms with Crippen LogP contribution in [0.25, 0.3) is 0 Å². The summed E-state index contributed by atoms with van der Waals surface area (Å²) in [7, 11) is 0. The number of carbonyl (C=O) groups is 1. The average molecular weight is 214 g/mol. The SMILES string of the molecule is CCOC(=O)[C@H](N)C(C)(C)N1CCCC1. The lowest BCUT2D eigenvalue weighted by atomic mass is 9.93. The number of nitrogens with zero attached hydrogens (tertiary/aromatic N) is 1. The zero-order valence-electron chi connectivity index (χ0n) is 9.95. The third-order valence-electron chi connectivity index (χ3n) is 3.22. The van der Waals surface area contributed by atoms with Crippen molar-refractivity contribution < 1.29 is 9.53 Å². The van der Waals surface area contributed by atoms with Crippen molar-refractivity contribution >= 4 is 5.97 Å². The second-order valence-electron chi connectivity index (χ2n) is 4.58. The second kappa shape index (κ2) is 4.94. The highest BCUT2D eigenvalue weighted by Gasteiger charge is 2.39. The number of likely N-dealkylation sites (tertiary alicyclic amines) is 1. The largest absolute Gasteiger partial charge is 0.465 e. The second-order valence-corrected chi connectivity index (χ2v) is 4.58. The molecule has 88 valence electrons. The van der Waals surface area contributed by atoms with Crippen LogP contribution >= 0.6 is 0 Å². The lowest BCUT2D eigenvalue weighted by Crippen LogP contribution is -2.58. The molecule has 1 rings (SSSR count). The maximum absolute atomic E-state index is 11.6. The monoisotopic (exact) mass is 214 g/mol. The van der Waals surface area contributed by atoms with Gasteiger partial charge in [0.2, 0.25) is 0 Å². The fourth-order valence-corrected chi connectivity index (χ4v) is 2.01. The fraction of sp³-hybridized carbons (Fsp3) is 0.909. The average Bonchev–Trinajstić information content (AvgIpc) is 2.70. The number of nitrogens with two attached hydrogens (primary N) is 1. The van der Waals surface area contributed by atoms with Crippen LogP contribution in [0.15, 0.2) is 0 Å². The Kier molecular flexibility index (Phi) is 4.11. The van der Waals surface area contributed by atoms with Gasteiger partial charge in [-0.1, -0.05) is 0 Å². The molecule has 15 heavy (non-hydrogen) atoms. The molecule has 1 heterocycles. The molecule has 0 aromatic carbocycles. The zero-order valence-corrected chi connectivity index (χ0v) is 9.95. The Hall–Kier alpha value is -0.610. The van der Waals surface area contributed by atoms with Crippen molar-refractivity contribution in [2.45, 2.75) is 45.2 Å². The number of rotatable bonds is 4. The Bertz CT molecular complexity index is 223. The van der Waals surface area contributed by atoms with Crippen LogP contribution < -0.4 is 5.73 Å². The summed E-state index contributed by atoms with van der Waals surface area (Å²) in [6.45, 7) is 8.27. The third kappa shape index (κ3) is 2.69. The molecule has 0 unspecified atom stereocenters. The quantitative estimate of drug-likeness (QED) is 0.702. The van der Waals surface area contributed by atoms with Crippen LogP contribution in [0, 0.1) is 0 Å². The van der Waals surface area contributed by atoms with Gasteiger partial charge in [0.15, 0.2) is 0 Å². The van der Waals surface area contributed by atoms with Gasteiger partial charge < -0.3 is 10.5 Å². The highest BCUT2D eigenvalue weighted by atomic mass is 16.5. The van der Waals surface area contributed by atoms with Crippen molar-refractivity contribution in [3.05, 3.63) is 0 Å². The van der Waals surface area contributed by atoms with Gasteiger partial charge in [-0.05, 0) is 46.7 Å². The lowest BCUT2D eigenvalue weighted by Gasteiger charge is -2.38. The first-order valence-electron chi connectivity index (χ1n) is 5.67. The van der Waals surface area contributed by atoms with Crippen LogP contribution in [0.5, 0.6) is 0 Å². The number of hydrogen-bond donors (Lipinski definition) is 1. The fourth-order valence-electron chi connectivity index (χ4n) is 2.01. The standard InChI is InChI=1S/C11H22N2O2/c1-4-15-10(14)9(12)11(2,3)13-7-5-6-8-13/h9H,4-8,12H2,1-3H3/t9-/m0/s1. The molecule has 1 saturated heterocycles. The molecule has 4 nitrogen and oxygen atoms in total. The van der Waals surface area contributed by atoms with Gasteiger partial charge in [-0.2, -0.15) is 0 Å². The van der Waals surface area contributed by atoms with Gasteiger partial charge in [0.1, 0.15) is 6.04 Å². The van der Waals surface area contributed by atoms with E-state index in [2.05, 4.69) is 4.90 Å². The summed E-state index contributed by atoms with van der Waals surface area (Å²) in [6.07, 6.45) is 2.39. The third-order valence-corrected chi connectivity index (χ3v) is 3.22. The van der Waals surface area contributed by atoms with E-state index >= 15 is 0 Å². The maximum Gasteiger partial charge on any atom is 0.324 e. The van der Waals surface area contributed by atoms with E-state index in [9.17, 15) is 4.79 Å². The van der Waals surface area contributed by atoms with Gasteiger partial charge in [0.25, 0.3) is 0 Å². The number of carbonyl (C=O) groups excluding carboxylic acids is 1. The minimum absolute atomic E-state index is 0.297. The number of hydrogen-bond acceptors (Lipinski definition) is 4. The van der Waals surface area contributed by atoms with E-state index in [-0.39, 0.29) is 11.5 Å². The first kappa shape index (κ1) is 12.5. The van der Waals surface area contributed by atoms with Gasteiger partial charge in [0.05, 0.1) is 6.61 Å². The van der Waals surface area contributed by atoms with E-state index in [0.29, 0.717) is 6.61 Å². The molecule has 4 heteroatoms. The molecule has 0 saturated carbocycles. The summed E-state index contributed by atoms with van der Waals surface area (Å²) in [5.41, 5.74) is 5.64. The van der Waals surface area contributed by atoms with Gasteiger partial charge in [0, 0.05) is 5.54 Å². The van der Waals surface area contributed by atoms with Crippen LogP contribution in [-0.4, -0.2) is 42.1 Å². The van der Waals surface area contributed by atoms with Crippen molar-refractivity contribution in [2.24, 2.45) is 5.73 Å². The summed E-state index contributed by atoms with van der Waals surface area (Å²) in [4.78, 5) is 13.8. The van der Waals surface area contributed by atoms with Crippen LogP contribution in [0.1, 0.15) is 33.6 Å². The zero-order chi connectivity index (χ0) is 11.5. The summed E-state index contributed by atoms with van der Waals surface area (Å²) >= 11 is 0. The summed E-state index contributed by atoms with van der Waals surface area (Å²) in [6, 6.07) is -0.560. The van der Waals surface area contributed by atoms with E-state index in [4.69, 9.17) is 10.5 Å². The van der Waals surface area contributed by atoms with Crippen LogP contribution in [0.3, 0.4) is 0 Å². The molecule has 2 N–H and O–H groups in total. The topological polar surface area (TPSA) is 55.6 Å².